The van der Waals surface area contributed by atoms with Gasteiger partial charge in [0.05, 0.1) is 0 Å². The number of fused-ring (bicyclic) bond motifs is 1. The summed E-state index contributed by atoms with van der Waals surface area (Å²) in [7, 11) is 0. The van der Waals surface area contributed by atoms with Crippen LogP contribution in [0.2, 0.25) is 0 Å². The average molecular weight is 359 g/mol. The molecule has 0 bridgehead atoms. The number of Topliss-reactive ketones (excluding diaryl/α,β-unsaturated/α-hetero) is 1. The number of ether oxygens (including phenoxy) is 1. The molecule has 3 aromatic rings. The number of amides is 1. The van der Waals surface area contributed by atoms with Crippen molar-refractivity contribution < 1.29 is 19.4 Å². The first-order chi connectivity index (χ1) is 13.0. The van der Waals surface area contributed by atoms with Crippen LogP contribution in [0.15, 0.2) is 84.4 Å². The summed E-state index contributed by atoms with van der Waals surface area (Å²) in [5.41, 5.74) is -0.414. The van der Waals surface area contributed by atoms with Crippen molar-refractivity contribution in [2.24, 2.45) is 0 Å². The Hall–Kier alpha value is -3.60. The van der Waals surface area contributed by atoms with Gasteiger partial charge in [0.15, 0.2) is 5.60 Å². The third-order valence-electron chi connectivity index (χ3n) is 4.73. The normalized spacial score (nSPS) is 19.2. The van der Waals surface area contributed by atoms with E-state index in [1.165, 1.54) is 0 Å². The van der Waals surface area contributed by atoms with Gasteiger partial charge in [0.2, 0.25) is 11.6 Å². The third kappa shape index (κ3) is 2.83. The van der Waals surface area contributed by atoms with Crippen LogP contribution in [0.1, 0.15) is 22.8 Å². The van der Waals surface area contributed by atoms with Crippen LogP contribution in [-0.4, -0.2) is 16.8 Å². The largest absolute Gasteiger partial charge is 0.501 e. The lowest BCUT2D eigenvalue weighted by molar-refractivity contribution is -0.131. The fraction of sp³-hybridized carbons (Fsp3) is 0.0909. The van der Waals surface area contributed by atoms with Crippen LogP contribution < -0.4 is 5.32 Å². The molecule has 1 aliphatic heterocycles. The summed E-state index contributed by atoms with van der Waals surface area (Å²) in [4.78, 5) is 25.0. The maximum absolute atomic E-state index is 12.7. The van der Waals surface area contributed by atoms with E-state index in [4.69, 9.17) is 4.74 Å². The molecular weight excluding hydrogens is 342 g/mol. The highest BCUT2D eigenvalue weighted by molar-refractivity contribution is 6.04. The van der Waals surface area contributed by atoms with E-state index in [0.29, 0.717) is 11.1 Å². The molecule has 0 fully saturated rings. The number of ketones is 1. The highest BCUT2D eigenvalue weighted by atomic mass is 16.5. The number of nitrogens with one attached hydrogen (secondary N) is 1. The van der Waals surface area contributed by atoms with Gasteiger partial charge in [0.1, 0.15) is 0 Å². The average Bonchev–Trinajstić information content (AvgIpc) is 2.93. The minimum Gasteiger partial charge on any atom is -0.501 e. The van der Waals surface area contributed by atoms with Crippen LogP contribution in [0.5, 0.6) is 0 Å². The SMILES string of the molecule is CC1(c2ccc3ccccc3c2)OC(NC(=O)c2ccccc2)=C(O)C1=O. The number of carbonyl (C=O) groups excluding carboxylic acids is 2. The summed E-state index contributed by atoms with van der Waals surface area (Å²) in [5, 5.41) is 14.7. The fourth-order valence-electron chi connectivity index (χ4n) is 3.15. The molecule has 0 spiro atoms. The van der Waals surface area contributed by atoms with Gasteiger partial charge >= 0.3 is 0 Å². The Morgan fingerprint density at radius 3 is 2.37 bits per heavy atom. The molecule has 0 aromatic heterocycles. The summed E-state index contributed by atoms with van der Waals surface area (Å²) >= 11 is 0. The predicted molar refractivity (Wildman–Crippen MR) is 101 cm³/mol. The molecule has 1 aliphatic rings. The molecule has 27 heavy (non-hydrogen) atoms. The van der Waals surface area contributed by atoms with Crippen LogP contribution in [0.25, 0.3) is 10.8 Å². The monoisotopic (exact) mass is 359 g/mol. The number of aliphatic hydroxyl groups is 1. The molecule has 0 radical (unpaired) electrons. The minimum atomic E-state index is -1.41. The van der Waals surface area contributed by atoms with E-state index < -0.39 is 23.1 Å². The van der Waals surface area contributed by atoms with Crippen molar-refractivity contribution in [3.05, 3.63) is 95.6 Å². The topological polar surface area (TPSA) is 75.6 Å². The molecule has 0 aliphatic carbocycles. The molecule has 1 amide bonds. The van der Waals surface area contributed by atoms with E-state index in [1.54, 1.807) is 43.3 Å². The molecular formula is C22H17NO4. The van der Waals surface area contributed by atoms with E-state index in [-0.39, 0.29) is 5.88 Å². The molecule has 5 nitrogen and oxygen atoms in total. The summed E-state index contributed by atoms with van der Waals surface area (Å²) < 4.78 is 5.75. The Bertz CT molecular complexity index is 1090. The quantitative estimate of drug-likeness (QED) is 0.746. The lowest BCUT2D eigenvalue weighted by Crippen LogP contribution is -2.32. The minimum absolute atomic E-state index is 0.232. The molecule has 5 heteroatoms. The summed E-state index contributed by atoms with van der Waals surface area (Å²) in [6, 6.07) is 21.8. The molecule has 1 atom stereocenters. The number of rotatable bonds is 3. The first-order valence-electron chi connectivity index (χ1n) is 8.52. The molecule has 4 rings (SSSR count). The Morgan fingerprint density at radius 2 is 1.63 bits per heavy atom. The summed E-state index contributed by atoms with van der Waals surface area (Å²) in [6.07, 6.45) is 0. The molecule has 1 unspecified atom stereocenters. The van der Waals surface area contributed by atoms with E-state index in [9.17, 15) is 14.7 Å². The van der Waals surface area contributed by atoms with Gasteiger partial charge in [-0.15, -0.1) is 0 Å². The van der Waals surface area contributed by atoms with Crippen molar-refractivity contribution in [3.8, 4) is 0 Å². The van der Waals surface area contributed by atoms with Gasteiger partial charge < -0.3 is 9.84 Å². The van der Waals surface area contributed by atoms with Crippen LogP contribution >= 0.6 is 0 Å². The maximum Gasteiger partial charge on any atom is 0.258 e. The van der Waals surface area contributed by atoms with Crippen molar-refractivity contribution >= 4 is 22.5 Å². The second-order valence-corrected chi connectivity index (χ2v) is 6.52. The molecule has 3 aromatic carbocycles. The molecule has 0 saturated carbocycles. The number of hydrogen-bond donors (Lipinski definition) is 2. The Kier molecular flexibility index (Phi) is 3.92. The smallest absolute Gasteiger partial charge is 0.258 e. The zero-order valence-corrected chi connectivity index (χ0v) is 14.6. The van der Waals surface area contributed by atoms with Gasteiger partial charge in [-0.05, 0) is 35.9 Å². The number of aliphatic hydroxyl groups excluding tert-OH is 1. The van der Waals surface area contributed by atoms with Crippen LogP contribution in [0.4, 0.5) is 0 Å². The Labute approximate surface area is 155 Å². The fourth-order valence-corrected chi connectivity index (χ4v) is 3.15. The van der Waals surface area contributed by atoms with Gasteiger partial charge in [-0.1, -0.05) is 54.6 Å². The van der Waals surface area contributed by atoms with Crippen molar-refractivity contribution in [1.82, 2.24) is 5.32 Å². The van der Waals surface area contributed by atoms with Gasteiger partial charge in [0, 0.05) is 11.1 Å². The third-order valence-corrected chi connectivity index (χ3v) is 4.73. The first-order valence-corrected chi connectivity index (χ1v) is 8.52. The second kappa shape index (κ2) is 6.29. The van der Waals surface area contributed by atoms with E-state index in [0.717, 1.165) is 10.8 Å². The number of benzene rings is 3. The maximum atomic E-state index is 12.7. The van der Waals surface area contributed by atoms with Gasteiger partial charge in [-0.3, -0.25) is 14.9 Å². The number of hydrogen-bond acceptors (Lipinski definition) is 4. The van der Waals surface area contributed by atoms with Gasteiger partial charge in [-0.25, -0.2) is 0 Å². The summed E-state index contributed by atoms with van der Waals surface area (Å²) in [5.74, 6) is -1.88. The zero-order valence-electron chi connectivity index (χ0n) is 14.6. The number of carbonyl (C=O) groups is 2. The van der Waals surface area contributed by atoms with Gasteiger partial charge in [-0.2, -0.15) is 0 Å². The highest BCUT2D eigenvalue weighted by Crippen LogP contribution is 2.38. The van der Waals surface area contributed by atoms with E-state index in [1.807, 2.05) is 36.4 Å². The lowest BCUT2D eigenvalue weighted by atomic mass is 9.90. The van der Waals surface area contributed by atoms with Crippen molar-refractivity contribution in [2.45, 2.75) is 12.5 Å². The Morgan fingerprint density at radius 1 is 0.963 bits per heavy atom. The van der Waals surface area contributed by atoms with E-state index in [2.05, 4.69) is 5.32 Å². The van der Waals surface area contributed by atoms with Crippen LogP contribution in [0, 0.1) is 0 Å². The Balaban J connectivity index is 1.64. The van der Waals surface area contributed by atoms with Crippen molar-refractivity contribution in [3.63, 3.8) is 0 Å². The van der Waals surface area contributed by atoms with Crippen molar-refractivity contribution in [2.75, 3.05) is 0 Å². The standard InChI is InChI=1S/C22H17NO4/c1-22(17-12-11-14-7-5-6-10-16(14)13-17)19(25)18(24)21(27-22)23-20(26)15-8-3-2-4-9-15/h2-13,24H,1H3,(H,23,26). The molecule has 2 N–H and O–H groups in total. The van der Waals surface area contributed by atoms with Crippen molar-refractivity contribution in [1.29, 1.82) is 0 Å². The lowest BCUT2D eigenvalue weighted by Gasteiger charge is -2.24. The second-order valence-electron chi connectivity index (χ2n) is 6.52. The van der Waals surface area contributed by atoms with Crippen LogP contribution in [-0.2, 0) is 15.1 Å². The van der Waals surface area contributed by atoms with E-state index >= 15 is 0 Å². The molecule has 0 saturated heterocycles. The summed E-state index contributed by atoms with van der Waals surface area (Å²) in [6.45, 7) is 1.58. The first kappa shape index (κ1) is 16.8. The zero-order chi connectivity index (χ0) is 19.0. The van der Waals surface area contributed by atoms with Crippen LogP contribution in [0.3, 0.4) is 0 Å². The van der Waals surface area contributed by atoms with Gasteiger partial charge in [0.25, 0.3) is 11.7 Å². The highest BCUT2D eigenvalue weighted by Gasteiger charge is 2.48. The molecule has 134 valence electrons. The predicted octanol–water partition coefficient (Wildman–Crippen LogP) is 3.81. The molecule has 1 heterocycles.